The second kappa shape index (κ2) is 7.84. The van der Waals surface area contributed by atoms with Gasteiger partial charge < -0.3 is 9.47 Å². The molecule has 0 spiro atoms. The Morgan fingerprint density at radius 3 is 2.38 bits per heavy atom. The van der Waals surface area contributed by atoms with Gasteiger partial charge in [0, 0.05) is 0 Å². The molecule has 2 heteroatoms. The molecule has 21 heavy (non-hydrogen) atoms. The number of ether oxygens (including phenoxy) is 2. The van der Waals surface area contributed by atoms with Crippen LogP contribution in [0.5, 0.6) is 5.75 Å². The topological polar surface area (TPSA) is 18.5 Å². The van der Waals surface area contributed by atoms with Crippen molar-refractivity contribution in [3.63, 3.8) is 0 Å². The SMILES string of the molecule is CCC(C)c1ccc(OC(C)OC2CCCCC2C)cc1. The maximum absolute atomic E-state index is 6.08. The molecule has 0 aromatic heterocycles. The van der Waals surface area contributed by atoms with Gasteiger partial charge in [0.05, 0.1) is 6.10 Å². The molecule has 0 saturated heterocycles. The van der Waals surface area contributed by atoms with Crippen molar-refractivity contribution in [2.75, 3.05) is 0 Å². The van der Waals surface area contributed by atoms with Crippen molar-refractivity contribution < 1.29 is 9.47 Å². The molecule has 0 N–H and O–H groups in total. The predicted octanol–water partition coefficient (Wildman–Crippen LogP) is 5.52. The summed E-state index contributed by atoms with van der Waals surface area (Å²) in [5.41, 5.74) is 1.37. The zero-order chi connectivity index (χ0) is 15.2. The van der Waals surface area contributed by atoms with Crippen molar-refractivity contribution in [3.05, 3.63) is 29.8 Å². The molecule has 2 rings (SSSR count). The van der Waals surface area contributed by atoms with E-state index in [2.05, 4.69) is 45.0 Å². The molecule has 0 amide bonds. The number of benzene rings is 1. The summed E-state index contributed by atoms with van der Waals surface area (Å²) in [6, 6.07) is 8.45. The highest BCUT2D eigenvalue weighted by atomic mass is 16.7. The first-order chi connectivity index (χ1) is 10.1. The Bertz CT molecular complexity index is 412. The third-order valence-corrected chi connectivity index (χ3v) is 4.76. The number of rotatable bonds is 6. The van der Waals surface area contributed by atoms with E-state index in [4.69, 9.17) is 9.47 Å². The lowest BCUT2D eigenvalue weighted by Crippen LogP contribution is -2.31. The lowest BCUT2D eigenvalue weighted by atomic mass is 9.88. The third-order valence-electron chi connectivity index (χ3n) is 4.76. The fraction of sp³-hybridized carbons (Fsp3) is 0.684. The lowest BCUT2D eigenvalue weighted by Gasteiger charge is -2.31. The third kappa shape index (κ3) is 4.74. The molecule has 1 aromatic carbocycles. The van der Waals surface area contributed by atoms with Crippen LogP contribution in [-0.2, 0) is 4.74 Å². The van der Waals surface area contributed by atoms with Crippen LogP contribution in [0.15, 0.2) is 24.3 Å². The van der Waals surface area contributed by atoms with Gasteiger partial charge in [-0.05, 0) is 55.7 Å². The molecule has 0 heterocycles. The second-order valence-electron chi connectivity index (χ2n) is 6.50. The molecule has 4 unspecified atom stereocenters. The molecule has 118 valence electrons. The maximum Gasteiger partial charge on any atom is 0.197 e. The van der Waals surface area contributed by atoms with Gasteiger partial charge in [-0.15, -0.1) is 0 Å². The molecule has 4 atom stereocenters. The Morgan fingerprint density at radius 1 is 1.10 bits per heavy atom. The Kier molecular flexibility index (Phi) is 6.10. The van der Waals surface area contributed by atoms with Gasteiger partial charge >= 0.3 is 0 Å². The van der Waals surface area contributed by atoms with E-state index in [1.165, 1.54) is 37.7 Å². The first-order valence-corrected chi connectivity index (χ1v) is 8.52. The van der Waals surface area contributed by atoms with Gasteiger partial charge in [0.15, 0.2) is 6.29 Å². The molecule has 0 aliphatic heterocycles. The van der Waals surface area contributed by atoms with E-state index in [1.54, 1.807) is 0 Å². The number of hydrogen-bond acceptors (Lipinski definition) is 2. The van der Waals surface area contributed by atoms with Gasteiger partial charge in [-0.25, -0.2) is 0 Å². The molecular weight excluding hydrogens is 260 g/mol. The van der Waals surface area contributed by atoms with Crippen LogP contribution in [0.1, 0.15) is 71.3 Å². The minimum atomic E-state index is -0.176. The van der Waals surface area contributed by atoms with E-state index < -0.39 is 0 Å². The van der Waals surface area contributed by atoms with Crippen molar-refractivity contribution in [1.82, 2.24) is 0 Å². The summed E-state index contributed by atoms with van der Waals surface area (Å²) in [5, 5.41) is 0. The summed E-state index contributed by atoms with van der Waals surface area (Å²) in [6.45, 7) is 8.77. The first kappa shape index (κ1) is 16.4. The minimum Gasteiger partial charge on any atom is -0.465 e. The lowest BCUT2D eigenvalue weighted by molar-refractivity contribution is -0.132. The van der Waals surface area contributed by atoms with Crippen LogP contribution in [0.3, 0.4) is 0 Å². The first-order valence-electron chi connectivity index (χ1n) is 8.52. The van der Waals surface area contributed by atoms with E-state index in [0.717, 1.165) is 5.75 Å². The maximum atomic E-state index is 6.08. The molecule has 1 aliphatic rings. The van der Waals surface area contributed by atoms with E-state index in [-0.39, 0.29) is 6.29 Å². The summed E-state index contributed by atoms with van der Waals surface area (Å²) in [7, 11) is 0. The van der Waals surface area contributed by atoms with Crippen molar-refractivity contribution in [1.29, 1.82) is 0 Å². The van der Waals surface area contributed by atoms with E-state index in [9.17, 15) is 0 Å². The van der Waals surface area contributed by atoms with Crippen LogP contribution in [0.4, 0.5) is 0 Å². The van der Waals surface area contributed by atoms with E-state index >= 15 is 0 Å². The molecule has 0 bridgehead atoms. The second-order valence-corrected chi connectivity index (χ2v) is 6.50. The van der Waals surface area contributed by atoms with Crippen LogP contribution in [-0.4, -0.2) is 12.4 Å². The standard InChI is InChI=1S/C19H30O2/c1-5-14(2)17-10-12-18(13-11-17)20-16(4)21-19-9-7-6-8-15(19)3/h10-16,19H,5-9H2,1-4H3. The Morgan fingerprint density at radius 2 is 1.76 bits per heavy atom. The molecule has 1 fully saturated rings. The Labute approximate surface area is 129 Å². The molecular formula is C19H30O2. The van der Waals surface area contributed by atoms with Gasteiger partial charge in [-0.1, -0.05) is 45.7 Å². The Balaban J connectivity index is 1.85. The van der Waals surface area contributed by atoms with Gasteiger partial charge in [-0.2, -0.15) is 0 Å². The van der Waals surface area contributed by atoms with Gasteiger partial charge in [-0.3, -0.25) is 0 Å². The molecule has 2 nitrogen and oxygen atoms in total. The van der Waals surface area contributed by atoms with E-state index in [1.807, 2.05) is 6.92 Å². The van der Waals surface area contributed by atoms with Crippen molar-refractivity contribution >= 4 is 0 Å². The quantitative estimate of drug-likeness (QED) is 0.642. The summed E-state index contributed by atoms with van der Waals surface area (Å²) in [6.07, 6.45) is 6.42. The zero-order valence-corrected chi connectivity index (χ0v) is 14.0. The highest BCUT2D eigenvalue weighted by Gasteiger charge is 2.24. The summed E-state index contributed by atoms with van der Waals surface area (Å²) >= 11 is 0. The zero-order valence-electron chi connectivity index (χ0n) is 14.0. The fourth-order valence-corrected chi connectivity index (χ4v) is 3.06. The summed E-state index contributed by atoms with van der Waals surface area (Å²) < 4.78 is 12.0. The molecule has 0 radical (unpaired) electrons. The van der Waals surface area contributed by atoms with Crippen LogP contribution in [0, 0.1) is 5.92 Å². The molecule has 1 aliphatic carbocycles. The average molecular weight is 290 g/mol. The normalized spacial score (nSPS) is 25.3. The molecule has 1 saturated carbocycles. The van der Waals surface area contributed by atoms with Gasteiger partial charge in [0.1, 0.15) is 5.75 Å². The Hall–Kier alpha value is -1.02. The van der Waals surface area contributed by atoms with E-state index in [0.29, 0.717) is 17.9 Å². The van der Waals surface area contributed by atoms with Crippen LogP contribution in [0.2, 0.25) is 0 Å². The number of hydrogen-bond donors (Lipinski definition) is 0. The summed E-state index contributed by atoms with van der Waals surface area (Å²) in [5.74, 6) is 2.16. The smallest absolute Gasteiger partial charge is 0.197 e. The minimum absolute atomic E-state index is 0.176. The fourth-order valence-electron chi connectivity index (χ4n) is 3.06. The largest absolute Gasteiger partial charge is 0.465 e. The van der Waals surface area contributed by atoms with Crippen molar-refractivity contribution in [2.45, 2.75) is 78.1 Å². The molecule has 1 aromatic rings. The van der Waals surface area contributed by atoms with Crippen LogP contribution < -0.4 is 4.74 Å². The van der Waals surface area contributed by atoms with Crippen molar-refractivity contribution in [3.8, 4) is 5.75 Å². The van der Waals surface area contributed by atoms with Crippen LogP contribution >= 0.6 is 0 Å². The van der Waals surface area contributed by atoms with Gasteiger partial charge in [0.25, 0.3) is 0 Å². The van der Waals surface area contributed by atoms with Crippen LogP contribution in [0.25, 0.3) is 0 Å². The highest BCUT2D eigenvalue weighted by molar-refractivity contribution is 5.29. The monoisotopic (exact) mass is 290 g/mol. The van der Waals surface area contributed by atoms with Crippen molar-refractivity contribution in [2.24, 2.45) is 5.92 Å². The van der Waals surface area contributed by atoms with Gasteiger partial charge in [0.2, 0.25) is 0 Å². The predicted molar refractivity (Wildman–Crippen MR) is 87.7 cm³/mol. The summed E-state index contributed by atoms with van der Waals surface area (Å²) in [4.78, 5) is 0. The average Bonchev–Trinajstić information content (AvgIpc) is 2.49. The highest BCUT2D eigenvalue weighted by Crippen LogP contribution is 2.28.